The molecule has 2 aromatic carbocycles. The Morgan fingerprint density at radius 3 is 2.36 bits per heavy atom. The fourth-order valence-electron chi connectivity index (χ4n) is 10.1. The van der Waals surface area contributed by atoms with E-state index in [0.29, 0.717) is 62.5 Å². The number of halogens is 2. The van der Waals surface area contributed by atoms with Crippen LogP contribution < -0.4 is 4.90 Å². The Labute approximate surface area is 336 Å². The summed E-state index contributed by atoms with van der Waals surface area (Å²) in [5, 5.41) is 2.50. The lowest BCUT2D eigenvalue weighted by atomic mass is 9.95. The lowest BCUT2D eigenvalue weighted by Crippen LogP contribution is -2.62. The zero-order chi connectivity index (χ0) is 40.3. The van der Waals surface area contributed by atoms with Gasteiger partial charge in [0.15, 0.2) is 11.0 Å². The molecule has 2 aromatic heterocycles. The third kappa shape index (κ3) is 7.07. The SMILES string of the molecule is CCSc1nc2c3c(nc(-c4cccc5ccc(F)c(C#C[Si](C(C)C)(C(C)C)C(C)C)c45)c(F)c3n1)CCCC[C@@H]1[C@@H]3CC[C@H](CN21)N3C(=O)OC(C)(C)C. The number of piperazine rings is 1. The van der Waals surface area contributed by atoms with Crippen LogP contribution in [0, 0.1) is 23.1 Å². The van der Waals surface area contributed by atoms with E-state index in [4.69, 9.17) is 19.7 Å². The number of hydrogen-bond acceptors (Lipinski definition) is 7. The summed E-state index contributed by atoms with van der Waals surface area (Å²) in [7, 11) is -2.22. The zero-order valence-electron chi connectivity index (χ0n) is 34.7. The number of aromatic nitrogens is 3. The molecule has 0 radical (unpaired) electrons. The van der Waals surface area contributed by atoms with Crippen molar-refractivity contribution in [3.63, 3.8) is 0 Å². The maximum Gasteiger partial charge on any atom is 0.410 e. The second kappa shape index (κ2) is 15.5. The number of aryl methyl sites for hydroxylation is 1. The van der Waals surface area contributed by atoms with E-state index < -0.39 is 25.3 Å². The largest absolute Gasteiger partial charge is 0.444 e. The monoisotopic (exact) mass is 797 g/mol. The average molecular weight is 798 g/mol. The van der Waals surface area contributed by atoms with Gasteiger partial charge in [0.1, 0.15) is 36.5 Å². The minimum atomic E-state index is -2.22. The van der Waals surface area contributed by atoms with Crippen LogP contribution in [0.1, 0.15) is 113 Å². The molecule has 7 nitrogen and oxygen atoms in total. The fraction of sp³-hybridized carbons (Fsp3) is 0.556. The molecule has 11 heteroatoms. The molecule has 3 aliphatic rings. The Hall–Kier alpha value is -3.75. The number of anilines is 1. The maximum atomic E-state index is 17.6. The molecule has 3 atom stereocenters. The number of nitrogens with zero attached hydrogens (tertiary/aromatic N) is 5. The number of benzene rings is 2. The van der Waals surface area contributed by atoms with E-state index in [-0.39, 0.29) is 35.4 Å². The highest BCUT2D eigenvalue weighted by Crippen LogP contribution is 2.45. The molecule has 2 bridgehead atoms. The Morgan fingerprint density at radius 2 is 1.68 bits per heavy atom. The number of rotatable bonds is 6. The van der Waals surface area contributed by atoms with Gasteiger partial charge < -0.3 is 9.64 Å². The molecule has 298 valence electrons. The molecule has 56 heavy (non-hydrogen) atoms. The minimum Gasteiger partial charge on any atom is -0.444 e. The summed E-state index contributed by atoms with van der Waals surface area (Å²) in [6.45, 7) is 21.8. The minimum absolute atomic E-state index is 0.00658. The molecule has 0 N–H and O–H groups in total. The van der Waals surface area contributed by atoms with Crippen LogP contribution in [0.2, 0.25) is 16.6 Å². The summed E-state index contributed by atoms with van der Waals surface area (Å²) >= 11 is 1.48. The van der Waals surface area contributed by atoms with Crippen LogP contribution in [-0.4, -0.2) is 70.0 Å². The van der Waals surface area contributed by atoms with Crippen molar-refractivity contribution in [2.24, 2.45) is 0 Å². The van der Waals surface area contributed by atoms with Crippen LogP contribution in [0.25, 0.3) is 32.9 Å². The third-order valence-corrected chi connectivity index (χ3v) is 19.5. The summed E-state index contributed by atoms with van der Waals surface area (Å²) < 4.78 is 39.7. The molecule has 5 heterocycles. The Bertz CT molecular complexity index is 2210. The van der Waals surface area contributed by atoms with Gasteiger partial charge in [0.05, 0.1) is 34.8 Å². The molecule has 0 unspecified atom stereocenters. The van der Waals surface area contributed by atoms with Gasteiger partial charge in [-0.2, -0.15) is 0 Å². The Kier molecular flexibility index (Phi) is 11.2. The number of hydrogen-bond donors (Lipinski definition) is 0. The first-order chi connectivity index (χ1) is 26.6. The van der Waals surface area contributed by atoms with Crippen LogP contribution in [0.15, 0.2) is 35.5 Å². The van der Waals surface area contributed by atoms with Crippen LogP contribution >= 0.6 is 11.8 Å². The van der Waals surface area contributed by atoms with Crippen LogP contribution in [0.3, 0.4) is 0 Å². The fourth-order valence-corrected chi connectivity index (χ4v) is 15.9. The predicted molar refractivity (Wildman–Crippen MR) is 228 cm³/mol. The van der Waals surface area contributed by atoms with Crippen LogP contribution in [0.4, 0.5) is 19.4 Å². The van der Waals surface area contributed by atoms with Crippen molar-refractivity contribution < 1.29 is 18.3 Å². The molecule has 2 fully saturated rings. The second-order valence-corrected chi connectivity index (χ2v) is 24.6. The van der Waals surface area contributed by atoms with E-state index in [9.17, 15) is 4.79 Å². The lowest BCUT2D eigenvalue weighted by molar-refractivity contribution is 0.00704. The zero-order valence-corrected chi connectivity index (χ0v) is 36.5. The number of ether oxygens (including phenoxy) is 1. The summed E-state index contributed by atoms with van der Waals surface area (Å²) in [6, 6.07) is 8.80. The summed E-state index contributed by atoms with van der Waals surface area (Å²) in [5.74, 6) is 3.85. The first kappa shape index (κ1) is 40.4. The second-order valence-electron chi connectivity index (χ2n) is 17.8. The van der Waals surface area contributed by atoms with Crippen molar-refractivity contribution in [3.8, 4) is 22.7 Å². The van der Waals surface area contributed by atoms with Gasteiger partial charge >= 0.3 is 6.09 Å². The number of amides is 1. The number of thioether (sulfide) groups is 1. The molecule has 0 spiro atoms. The predicted octanol–water partition coefficient (Wildman–Crippen LogP) is 11.5. The van der Waals surface area contributed by atoms with Crippen LogP contribution in [0.5, 0.6) is 0 Å². The van der Waals surface area contributed by atoms with Gasteiger partial charge in [-0.1, -0.05) is 96.8 Å². The standard InChI is InChI=1S/C45H57F2N5O2SSi/c1-11-55-43-49-41-38-34(17-12-13-18-35-36-22-20-30(25-51(35)42(38)50-43)52(36)44(53)54-45(8,9)10)48-40(39(41)47)32-16-14-15-29-19-21-33(46)31(37(29)32)23-24-56(26(2)3,27(4)5)28(6)7/h14-16,19,21,26-28,30,35-36H,11-13,17-18,20,22,25H2,1-10H3/t30-,35-,36+/m1/s1. The highest BCUT2D eigenvalue weighted by atomic mass is 32.2. The van der Waals surface area contributed by atoms with Gasteiger partial charge in [-0.05, 0) is 86.7 Å². The molecule has 7 rings (SSSR count). The van der Waals surface area contributed by atoms with Gasteiger partial charge in [-0.15, -0.1) is 5.54 Å². The molecular weight excluding hydrogens is 741 g/mol. The summed E-state index contributed by atoms with van der Waals surface area (Å²) in [6.07, 6.45) is 4.70. The molecule has 2 saturated heterocycles. The Balaban J connectivity index is 1.43. The quantitative estimate of drug-likeness (QED) is 0.0832. The third-order valence-electron chi connectivity index (χ3n) is 12.5. The molecule has 0 aliphatic carbocycles. The van der Waals surface area contributed by atoms with E-state index in [1.54, 1.807) is 6.07 Å². The van der Waals surface area contributed by atoms with Gasteiger partial charge in [-0.25, -0.2) is 28.5 Å². The molecular formula is C45H57F2N5O2SSi. The van der Waals surface area contributed by atoms with Crippen molar-refractivity contribution in [2.45, 2.75) is 153 Å². The Morgan fingerprint density at radius 1 is 0.946 bits per heavy atom. The van der Waals surface area contributed by atoms with Crippen molar-refractivity contribution in [3.05, 3.63) is 53.2 Å². The topological polar surface area (TPSA) is 71.5 Å². The smallest absolute Gasteiger partial charge is 0.410 e. The van der Waals surface area contributed by atoms with E-state index >= 15 is 8.78 Å². The first-order valence-corrected chi connectivity index (χ1v) is 23.8. The van der Waals surface area contributed by atoms with E-state index in [2.05, 4.69) is 57.9 Å². The van der Waals surface area contributed by atoms with E-state index in [0.717, 1.165) is 48.9 Å². The summed E-state index contributed by atoms with van der Waals surface area (Å²) in [5.41, 5.74) is 6.19. The highest BCUT2D eigenvalue weighted by molar-refractivity contribution is 7.99. The first-order valence-electron chi connectivity index (χ1n) is 20.6. The molecule has 1 amide bonds. The molecule has 4 aromatic rings. The maximum absolute atomic E-state index is 17.6. The van der Waals surface area contributed by atoms with E-state index in [1.165, 1.54) is 17.8 Å². The highest BCUT2D eigenvalue weighted by Gasteiger charge is 2.50. The van der Waals surface area contributed by atoms with Gasteiger partial charge in [0, 0.05) is 17.5 Å². The molecule has 0 saturated carbocycles. The van der Waals surface area contributed by atoms with Crippen molar-refractivity contribution in [1.82, 2.24) is 19.9 Å². The number of carbonyl (C=O) groups excluding carboxylic acids is 1. The van der Waals surface area contributed by atoms with Gasteiger partial charge in [0.2, 0.25) is 0 Å². The summed E-state index contributed by atoms with van der Waals surface area (Å²) in [4.78, 5) is 33.1. The van der Waals surface area contributed by atoms with Crippen molar-refractivity contribution in [1.29, 1.82) is 0 Å². The van der Waals surface area contributed by atoms with Crippen molar-refractivity contribution in [2.75, 3.05) is 17.2 Å². The average Bonchev–Trinajstić information content (AvgIpc) is 3.48. The van der Waals surface area contributed by atoms with Crippen LogP contribution in [-0.2, 0) is 11.2 Å². The normalized spacial score (nSPS) is 19.9. The van der Waals surface area contributed by atoms with Gasteiger partial charge in [0.25, 0.3) is 0 Å². The number of fused-ring (bicyclic) bond motifs is 6. The molecule has 3 aliphatic heterocycles. The van der Waals surface area contributed by atoms with Gasteiger partial charge in [-0.3, -0.25) is 4.90 Å². The lowest BCUT2D eigenvalue weighted by Gasteiger charge is -2.47. The van der Waals surface area contributed by atoms with Crippen molar-refractivity contribution >= 4 is 53.4 Å². The number of carbonyl (C=O) groups is 1. The number of pyridine rings is 1. The van der Waals surface area contributed by atoms with E-state index in [1.807, 2.05) is 50.8 Å².